The predicted molar refractivity (Wildman–Crippen MR) is 79.2 cm³/mol. The van der Waals surface area contributed by atoms with E-state index in [1.807, 2.05) is 57.2 Å². The lowest BCUT2D eigenvalue weighted by molar-refractivity contribution is 0.102. The lowest BCUT2D eigenvalue weighted by atomic mass is 10.2. The third kappa shape index (κ3) is 3.58. The van der Waals surface area contributed by atoms with Crippen LogP contribution in [0.15, 0.2) is 36.4 Å². The Balaban J connectivity index is 2.16. The van der Waals surface area contributed by atoms with Gasteiger partial charge in [-0.2, -0.15) is 0 Å². The highest BCUT2D eigenvalue weighted by molar-refractivity contribution is 7.14. The van der Waals surface area contributed by atoms with Gasteiger partial charge in [0, 0.05) is 4.88 Å². The Bertz CT molecular complexity index is 575. The largest absolute Gasteiger partial charge is 0.489 e. The second-order valence-electron chi connectivity index (χ2n) is 4.53. The molecular formula is C15H17NO2S. The van der Waals surface area contributed by atoms with Gasteiger partial charge < -0.3 is 10.1 Å². The van der Waals surface area contributed by atoms with Crippen molar-refractivity contribution in [2.75, 3.05) is 5.32 Å². The maximum absolute atomic E-state index is 12.1. The van der Waals surface area contributed by atoms with Crippen molar-refractivity contribution in [3.8, 4) is 5.75 Å². The number of anilines is 1. The SMILES string of the molecule is Cc1ccc(C(=O)Nc2ccccc2OC(C)C)s1. The highest BCUT2D eigenvalue weighted by Crippen LogP contribution is 2.26. The van der Waals surface area contributed by atoms with Gasteiger partial charge in [0.25, 0.3) is 5.91 Å². The summed E-state index contributed by atoms with van der Waals surface area (Å²) in [6.07, 6.45) is 0.0713. The fraction of sp³-hybridized carbons (Fsp3) is 0.267. The van der Waals surface area contributed by atoms with E-state index < -0.39 is 0 Å². The summed E-state index contributed by atoms with van der Waals surface area (Å²) in [5.74, 6) is 0.594. The first-order valence-corrected chi connectivity index (χ1v) is 7.01. The number of thiophene rings is 1. The van der Waals surface area contributed by atoms with E-state index in [9.17, 15) is 4.79 Å². The molecule has 2 rings (SSSR count). The molecule has 0 radical (unpaired) electrons. The Kier molecular flexibility index (Phi) is 4.22. The summed E-state index contributed by atoms with van der Waals surface area (Å²) in [6.45, 7) is 5.90. The predicted octanol–water partition coefficient (Wildman–Crippen LogP) is 4.10. The van der Waals surface area contributed by atoms with E-state index in [1.165, 1.54) is 11.3 Å². The van der Waals surface area contributed by atoms with E-state index >= 15 is 0 Å². The van der Waals surface area contributed by atoms with Crippen molar-refractivity contribution in [3.05, 3.63) is 46.2 Å². The lowest BCUT2D eigenvalue weighted by Gasteiger charge is -2.14. The molecule has 1 amide bonds. The molecule has 1 aromatic carbocycles. The van der Waals surface area contributed by atoms with Crippen molar-refractivity contribution in [3.63, 3.8) is 0 Å². The summed E-state index contributed by atoms with van der Waals surface area (Å²) in [4.78, 5) is 13.9. The van der Waals surface area contributed by atoms with Gasteiger partial charge in [0.2, 0.25) is 0 Å². The number of aryl methyl sites for hydroxylation is 1. The average molecular weight is 275 g/mol. The zero-order valence-corrected chi connectivity index (χ0v) is 12.1. The van der Waals surface area contributed by atoms with E-state index in [1.54, 1.807) is 0 Å². The van der Waals surface area contributed by atoms with Crippen molar-refractivity contribution in [1.29, 1.82) is 0 Å². The van der Waals surface area contributed by atoms with Crippen molar-refractivity contribution in [2.24, 2.45) is 0 Å². The van der Waals surface area contributed by atoms with Gasteiger partial charge in [-0.1, -0.05) is 12.1 Å². The quantitative estimate of drug-likeness (QED) is 0.912. The molecule has 0 saturated heterocycles. The van der Waals surface area contributed by atoms with Gasteiger partial charge in [-0.05, 0) is 45.0 Å². The molecule has 0 aliphatic heterocycles. The minimum absolute atomic E-state index is 0.0713. The third-order valence-electron chi connectivity index (χ3n) is 2.46. The van der Waals surface area contributed by atoms with Gasteiger partial charge in [0.1, 0.15) is 5.75 Å². The van der Waals surface area contributed by atoms with Crippen LogP contribution in [0.2, 0.25) is 0 Å². The normalized spacial score (nSPS) is 10.5. The molecule has 0 aliphatic carbocycles. The van der Waals surface area contributed by atoms with E-state index in [0.29, 0.717) is 16.3 Å². The van der Waals surface area contributed by atoms with Gasteiger partial charge in [-0.25, -0.2) is 0 Å². The summed E-state index contributed by atoms with van der Waals surface area (Å²) in [5, 5.41) is 2.89. The summed E-state index contributed by atoms with van der Waals surface area (Å²) < 4.78 is 5.68. The molecule has 19 heavy (non-hydrogen) atoms. The topological polar surface area (TPSA) is 38.3 Å². The molecule has 100 valence electrons. The van der Waals surface area contributed by atoms with Gasteiger partial charge in [-0.15, -0.1) is 11.3 Å². The molecule has 0 unspecified atom stereocenters. The third-order valence-corrected chi connectivity index (χ3v) is 3.46. The summed E-state index contributed by atoms with van der Waals surface area (Å²) >= 11 is 1.48. The smallest absolute Gasteiger partial charge is 0.265 e. The number of rotatable bonds is 4. The minimum Gasteiger partial charge on any atom is -0.489 e. The first-order chi connectivity index (χ1) is 9.06. The number of para-hydroxylation sites is 2. The van der Waals surface area contributed by atoms with Crippen molar-refractivity contribution < 1.29 is 9.53 Å². The van der Waals surface area contributed by atoms with E-state index in [-0.39, 0.29) is 12.0 Å². The average Bonchev–Trinajstić information content (AvgIpc) is 2.78. The van der Waals surface area contributed by atoms with Crippen molar-refractivity contribution in [1.82, 2.24) is 0 Å². The van der Waals surface area contributed by atoms with Gasteiger partial charge in [0.05, 0.1) is 16.7 Å². The number of carbonyl (C=O) groups is 1. The Hall–Kier alpha value is -1.81. The van der Waals surface area contributed by atoms with E-state index in [4.69, 9.17) is 4.74 Å². The highest BCUT2D eigenvalue weighted by atomic mass is 32.1. The first-order valence-electron chi connectivity index (χ1n) is 6.19. The number of nitrogens with one attached hydrogen (secondary N) is 1. The van der Waals surface area contributed by atoms with Crippen LogP contribution in [0, 0.1) is 6.92 Å². The molecule has 0 spiro atoms. The molecule has 0 atom stereocenters. The monoisotopic (exact) mass is 275 g/mol. The molecule has 0 bridgehead atoms. The van der Waals surface area contributed by atoms with Crippen LogP contribution >= 0.6 is 11.3 Å². The number of carbonyl (C=O) groups excluding carboxylic acids is 1. The maximum atomic E-state index is 12.1. The first kappa shape index (κ1) is 13.6. The van der Waals surface area contributed by atoms with Crippen LogP contribution in [-0.4, -0.2) is 12.0 Å². The molecule has 1 aromatic heterocycles. The van der Waals surface area contributed by atoms with Gasteiger partial charge in [0.15, 0.2) is 0 Å². The molecule has 0 fully saturated rings. The Labute approximate surface area is 117 Å². The van der Waals surface area contributed by atoms with Gasteiger partial charge >= 0.3 is 0 Å². The molecule has 0 aliphatic rings. The second-order valence-corrected chi connectivity index (χ2v) is 5.82. The maximum Gasteiger partial charge on any atom is 0.265 e. The lowest BCUT2D eigenvalue weighted by Crippen LogP contribution is -2.13. The molecule has 0 saturated carbocycles. The molecular weight excluding hydrogens is 258 g/mol. The molecule has 4 heteroatoms. The fourth-order valence-corrected chi connectivity index (χ4v) is 2.43. The summed E-state index contributed by atoms with van der Waals surface area (Å²) in [7, 11) is 0. The zero-order valence-electron chi connectivity index (χ0n) is 11.3. The van der Waals surface area contributed by atoms with Crippen LogP contribution in [-0.2, 0) is 0 Å². The van der Waals surface area contributed by atoms with Crippen molar-refractivity contribution >= 4 is 22.9 Å². The molecule has 2 aromatic rings. The number of ether oxygens (including phenoxy) is 1. The van der Waals surface area contributed by atoms with Crippen LogP contribution in [0.25, 0.3) is 0 Å². The van der Waals surface area contributed by atoms with Gasteiger partial charge in [-0.3, -0.25) is 4.79 Å². The number of amides is 1. The summed E-state index contributed by atoms with van der Waals surface area (Å²) in [6, 6.07) is 11.2. The van der Waals surface area contributed by atoms with E-state index in [0.717, 1.165) is 4.88 Å². The molecule has 3 nitrogen and oxygen atoms in total. The van der Waals surface area contributed by atoms with Crippen LogP contribution in [0.1, 0.15) is 28.4 Å². The fourth-order valence-electron chi connectivity index (χ4n) is 1.67. The van der Waals surface area contributed by atoms with E-state index in [2.05, 4.69) is 5.32 Å². The standard InChI is InChI=1S/C15H17NO2S/c1-10(2)18-13-7-5-4-6-12(13)16-15(17)14-9-8-11(3)19-14/h4-10H,1-3H3,(H,16,17). The van der Waals surface area contributed by atoms with Crippen LogP contribution in [0.4, 0.5) is 5.69 Å². The Morgan fingerprint density at radius 2 is 1.95 bits per heavy atom. The number of benzene rings is 1. The van der Waals surface area contributed by atoms with Crippen LogP contribution in [0.5, 0.6) is 5.75 Å². The number of hydrogen-bond acceptors (Lipinski definition) is 3. The molecule has 1 N–H and O–H groups in total. The Morgan fingerprint density at radius 3 is 2.58 bits per heavy atom. The number of hydrogen-bond donors (Lipinski definition) is 1. The summed E-state index contributed by atoms with van der Waals surface area (Å²) in [5.41, 5.74) is 0.701. The Morgan fingerprint density at radius 1 is 1.21 bits per heavy atom. The van der Waals surface area contributed by atoms with Crippen molar-refractivity contribution in [2.45, 2.75) is 26.9 Å². The molecule has 1 heterocycles. The zero-order chi connectivity index (χ0) is 13.8. The minimum atomic E-state index is -0.0992. The second kappa shape index (κ2) is 5.89. The highest BCUT2D eigenvalue weighted by Gasteiger charge is 2.11. The van der Waals surface area contributed by atoms with Crippen LogP contribution in [0.3, 0.4) is 0 Å². The van der Waals surface area contributed by atoms with Crippen LogP contribution < -0.4 is 10.1 Å².